The second-order valence-corrected chi connectivity index (χ2v) is 8.27. The average molecular weight is 387 g/mol. The Hall–Kier alpha value is -1.94. The van der Waals surface area contributed by atoms with E-state index >= 15 is 0 Å². The summed E-state index contributed by atoms with van der Waals surface area (Å²) in [6, 6.07) is 0. The quantitative estimate of drug-likeness (QED) is 0.697. The molecule has 0 spiro atoms. The molecule has 1 aromatic heterocycles. The van der Waals surface area contributed by atoms with Gasteiger partial charge in [0.25, 0.3) is 0 Å². The molecule has 0 aromatic carbocycles. The summed E-state index contributed by atoms with van der Waals surface area (Å²) >= 11 is 0. The van der Waals surface area contributed by atoms with E-state index in [1.165, 1.54) is 4.31 Å². The molecule has 1 aromatic rings. The van der Waals surface area contributed by atoms with E-state index in [0.29, 0.717) is 44.6 Å². The highest BCUT2D eigenvalue weighted by Gasteiger charge is 2.32. The van der Waals surface area contributed by atoms with Gasteiger partial charge in [0.05, 0.1) is 0 Å². The van der Waals surface area contributed by atoms with Crippen LogP contribution in [-0.4, -0.2) is 65.9 Å². The number of amides is 1. The fraction of sp³-hybridized carbons (Fsp3) is 0.688. The zero-order valence-electron chi connectivity index (χ0n) is 15.1. The molecule has 0 unspecified atom stereocenters. The van der Waals surface area contributed by atoms with Crippen molar-refractivity contribution in [1.29, 1.82) is 0 Å². The van der Waals surface area contributed by atoms with E-state index in [1.807, 2.05) is 0 Å². The number of aliphatic carboxylic acids is 1. The first-order valence-corrected chi connectivity index (χ1v) is 10.1. The lowest BCUT2D eigenvalue weighted by Gasteiger charge is -2.22. The molecular formula is C16H25N3O6S. The van der Waals surface area contributed by atoms with Crippen molar-refractivity contribution >= 4 is 21.9 Å². The van der Waals surface area contributed by atoms with Crippen molar-refractivity contribution in [3.63, 3.8) is 0 Å². The lowest BCUT2D eigenvalue weighted by molar-refractivity contribution is -0.137. The Morgan fingerprint density at radius 3 is 2.42 bits per heavy atom. The number of hydrogen-bond donors (Lipinski definition) is 1. The summed E-state index contributed by atoms with van der Waals surface area (Å²) in [5, 5.41) is 12.3. The zero-order valence-corrected chi connectivity index (χ0v) is 15.9. The Bertz CT molecular complexity index is 739. The molecule has 0 saturated carbocycles. The maximum atomic E-state index is 12.9. The van der Waals surface area contributed by atoms with E-state index in [0.717, 1.165) is 0 Å². The Balaban J connectivity index is 1.95. The molecule has 146 valence electrons. The molecule has 0 radical (unpaired) electrons. The number of carbonyl (C=O) groups is 2. The number of unbranched alkanes of at least 4 members (excludes halogenated alkanes) is 1. The second kappa shape index (κ2) is 8.63. The Morgan fingerprint density at radius 2 is 1.81 bits per heavy atom. The molecule has 1 amide bonds. The van der Waals surface area contributed by atoms with E-state index in [-0.39, 0.29) is 35.9 Å². The third-order valence-corrected chi connectivity index (χ3v) is 6.55. The number of carbonyl (C=O) groups excluding carboxylic acids is 1. The van der Waals surface area contributed by atoms with Crippen LogP contribution >= 0.6 is 0 Å². The van der Waals surface area contributed by atoms with Gasteiger partial charge in [0.1, 0.15) is 10.6 Å². The van der Waals surface area contributed by atoms with E-state index in [2.05, 4.69) is 5.16 Å². The van der Waals surface area contributed by atoms with Crippen LogP contribution in [0.3, 0.4) is 0 Å². The second-order valence-electron chi connectivity index (χ2n) is 6.39. The van der Waals surface area contributed by atoms with Crippen LogP contribution < -0.4 is 0 Å². The van der Waals surface area contributed by atoms with Gasteiger partial charge in [-0.05, 0) is 33.1 Å². The molecule has 10 heteroatoms. The first-order valence-electron chi connectivity index (χ1n) is 8.66. The van der Waals surface area contributed by atoms with Gasteiger partial charge in [-0.1, -0.05) is 5.16 Å². The van der Waals surface area contributed by atoms with Gasteiger partial charge in [-0.3, -0.25) is 9.59 Å². The van der Waals surface area contributed by atoms with Crippen LogP contribution in [0.2, 0.25) is 0 Å². The monoisotopic (exact) mass is 387 g/mol. The first-order chi connectivity index (χ1) is 12.2. The van der Waals surface area contributed by atoms with E-state index in [1.54, 1.807) is 18.7 Å². The van der Waals surface area contributed by atoms with Crippen molar-refractivity contribution in [2.45, 2.75) is 50.8 Å². The Morgan fingerprint density at radius 1 is 1.12 bits per heavy atom. The third-order valence-electron chi connectivity index (χ3n) is 4.40. The minimum Gasteiger partial charge on any atom is -0.481 e. The fourth-order valence-electron chi connectivity index (χ4n) is 3.07. The summed E-state index contributed by atoms with van der Waals surface area (Å²) < 4.78 is 32.1. The predicted octanol–water partition coefficient (Wildman–Crippen LogP) is 1.16. The average Bonchev–Trinajstić information content (AvgIpc) is 2.77. The van der Waals surface area contributed by atoms with Gasteiger partial charge in [0, 0.05) is 39.0 Å². The highest BCUT2D eigenvalue weighted by atomic mass is 32.2. The van der Waals surface area contributed by atoms with Gasteiger partial charge < -0.3 is 14.5 Å². The standard InChI is InChI=1S/C16H25N3O6S/c1-12-16(13(2)25-17-12)26(23,24)19-9-5-8-18(10-11-19)14(20)6-3-4-7-15(21)22/h3-11H2,1-2H3,(H,21,22). The van der Waals surface area contributed by atoms with Crippen molar-refractivity contribution in [2.75, 3.05) is 26.2 Å². The highest BCUT2D eigenvalue weighted by Crippen LogP contribution is 2.24. The van der Waals surface area contributed by atoms with Crippen LogP contribution in [0.15, 0.2) is 9.42 Å². The molecule has 9 nitrogen and oxygen atoms in total. The molecule has 1 aliphatic rings. The lowest BCUT2D eigenvalue weighted by atomic mass is 10.2. The van der Waals surface area contributed by atoms with Crippen molar-refractivity contribution in [1.82, 2.24) is 14.4 Å². The zero-order chi connectivity index (χ0) is 19.3. The molecule has 26 heavy (non-hydrogen) atoms. The molecule has 2 rings (SSSR count). The minimum absolute atomic E-state index is 0.0523. The topological polar surface area (TPSA) is 121 Å². The normalized spacial score (nSPS) is 16.5. The number of carboxylic acid groups (broad SMARTS) is 1. The molecular weight excluding hydrogens is 362 g/mol. The SMILES string of the molecule is Cc1noc(C)c1S(=O)(=O)N1CCCN(C(=O)CCCCC(=O)O)CC1. The molecule has 1 N–H and O–H groups in total. The van der Waals surface area contributed by atoms with Crippen molar-refractivity contribution in [3.8, 4) is 0 Å². The summed E-state index contributed by atoms with van der Waals surface area (Å²) in [6.07, 6.45) is 1.86. The number of hydrogen-bond acceptors (Lipinski definition) is 6. The summed E-state index contributed by atoms with van der Waals surface area (Å²) in [5.41, 5.74) is 0.332. The van der Waals surface area contributed by atoms with Gasteiger partial charge in [-0.15, -0.1) is 0 Å². The number of nitrogens with zero attached hydrogens (tertiary/aromatic N) is 3. The lowest BCUT2D eigenvalue weighted by Crippen LogP contribution is -2.37. The maximum absolute atomic E-state index is 12.9. The number of aromatic nitrogens is 1. The van der Waals surface area contributed by atoms with Crippen molar-refractivity contribution < 1.29 is 27.6 Å². The Labute approximate surface area is 153 Å². The molecule has 0 atom stereocenters. The van der Waals surface area contributed by atoms with Crippen LogP contribution in [0.1, 0.15) is 43.6 Å². The Kier molecular flexibility index (Phi) is 6.76. The summed E-state index contributed by atoms with van der Waals surface area (Å²) in [6.45, 7) is 4.51. The molecule has 2 heterocycles. The summed E-state index contributed by atoms with van der Waals surface area (Å²) in [5.74, 6) is -0.669. The van der Waals surface area contributed by atoms with E-state index in [4.69, 9.17) is 9.63 Å². The maximum Gasteiger partial charge on any atom is 0.303 e. The molecule has 1 saturated heterocycles. The summed E-state index contributed by atoms with van der Waals surface area (Å²) in [7, 11) is -3.71. The predicted molar refractivity (Wildman–Crippen MR) is 92.0 cm³/mol. The van der Waals surface area contributed by atoms with Crippen LogP contribution in [0.5, 0.6) is 0 Å². The number of sulfonamides is 1. The number of rotatable bonds is 7. The van der Waals surface area contributed by atoms with Gasteiger partial charge in [0.2, 0.25) is 15.9 Å². The summed E-state index contributed by atoms with van der Waals surface area (Å²) in [4.78, 5) is 24.5. The van der Waals surface area contributed by atoms with E-state index in [9.17, 15) is 18.0 Å². The van der Waals surface area contributed by atoms with Crippen molar-refractivity contribution in [2.24, 2.45) is 0 Å². The fourth-order valence-corrected chi connectivity index (χ4v) is 4.83. The van der Waals surface area contributed by atoms with Gasteiger partial charge in [-0.25, -0.2) is 8.42 Å². The van der Waals surface area contributed by atoms with Crippen LogP contribution in [-0.2, 0) is 19.6 Å². The minimum atomic E-state index is -3.71. The number of carboxylic acids is 1. The van der Waals surface area contributed by atoms with Gasteiger partial charge in [0.15, 0.2) is 5.76 Å². The third kappa shape index (κ3) is 4.82. The molecule has 0 aliphatic carbocycles. The largest absolute Gasteiger partial charge is 0.481 e. The van der Waals surface area contributed by atoms with Crippen molar-refractivity contribution in [3.05, 3.63) is 11.5 Å². The van der Waals surface area contributed by atoms with Crippen LogP contribution in [0.4, 0.5) is 0 Å². The van der Waals surface area contributed by atoms with Gasteiger partial charge in [-0.2, -0.15) is 4.31 Å². The first kappa shape index (κ1) is 20.4. The number of aryl methyl sites for hydroxylation is 2. The molecule has 1 fully saturated rings. The highest BCUT2D eigenvalue weighted by molar-refractivity contribution is 7.89. The molecule has 0 bridgehead atoms. The van der Waals surface area contributed by atoms with Crippen LogP contribution in [0, 0.1) is 13.8 Å². The smallest absolute Gasteiger partial charge is 0.303 e. The van der Waals surface area contributed by atoms with Gasteiger partial charge >= 0.3 is 5.97 Å². The molecule has 1 aliphatic heterocycles. The van der Waals surface area contributed by atoms with E-state index < -0.39 is 16.0 Å². The van der Waals surface area contributed by atoms with Crippen LogP contribution in [0.25, 0.3) is 0 Å².